The van der Waals surface area contributed by atoms with Crippen molar-refractivity contribution in [1.29, 1.82) is 0 Å². The minimum atomic E-state index is 0.670. The Morgan fingerprint density at radius 1 is 1.50 bits per heavy atom. The highest BCUT2D eigenvalue weighted by molar-refractivity contribution is 5.20. The summed E-state index contributed by atoms with van der Waals surface area (Å²) in [7, 11) is 2.15. The molecule has 0 bridgehead atoms. The monoisotopic (exact) mass is 195 g/mol. The summed E-state index contributed by atoms with van der Waals surface area (Å²) in [4.78, 5) is 2.35. The zero-order valence-corrected chi connectivity index (χ0v) is 9.00. The van der Waals surface area contributed by atoms with Gasteiger partial charge in [0.05, 0.1) is 5.69 Å². The van der Waals surface area contributed by atoms with Crippen LogP contribution in [0.15, 0.2) is 4.52 Å². The second-order valence-electron chi connectivity index (χ2n) is 4.03. The van der Waals surface area contributed by atoms with Gasteiger partial charge in [0, 0.05) is 31.2 Å². The maximum atomic E-state index is 5.14. The molecule has 78 valence electrons. The number of likely N-dealkylation sites (N-methyl/N-ethyl adjacent to an activating group) is 1. The molecule has 1 aromatic heterocycles. The molecule has 0 atom stereocenters. The molecule has 1 aromatic rings. The number of hydrogen-bond acceptors (Lipinski definition) is 4. The van der Waals surface area contributed by atoms with E-state index >= 15 is 0 Å². The van der Waals surface area contributed by atoms with Crippen LogP contribution in [-0.4, -0.2) is 36.2 Å². The van der Waals surface area contributed by atoms with Gasteiger partial charge in [-0.1, -0.05) is 5.16 Å². The molecule has 0 unspecified atom stereocenters. The van der Waals surface area contributed by atoms with Crippen molar-refractivity contribution in [3.05, 3.63) is 17.0 Å². The second kappa shape index (κ2) is 3.71. The van der Waals surface area contributed by atoms with Crippen LogP contribution >= 0.6 is 0 Å². The Morgan fingerprint density at radius 3 is 2.64 bits per heavy atom. The molecule has 0 saturated carbocycles. The first-order valence-electron chi connectivity index (χ1n) is 5.01. The largest absolute Gasteiger partial charge is 0.361 e. The molecule has 0 aromatic carbocycles. The maximum Gasteiger partial charge on any atom is 0.138 e. The molecule has 2 heterocycles. The zero-order chi connectivity index (χ0) is 10.1. The van der Waals surface area contributed by atoms with Crippen molar-refractivity contribution in [2.24, 2.45) is 0 Å². The van der Waals surface area contributed by atoms with E-state index in [1.807, 2.05) is 13.8 Å². The van der Waals surface area contributed by atoms with Crippen molar-refractivity contribution in [2.45, 2.75) is 26.4 Å². The molecule has 1 aliphatic rings. The lowest BCUT2D eigenvalue weighted by molar-refractivity contribution is 0.172. The van der Waals surface area contributed by atoms with Gasteiger partial charge in [-0.3, -0.25) is 4.90 Å². The van der Waals surface area contributed by atoms with Crippen LogP contribution in [0.5, 0.6) is 0 Å². The van der Waals surface area contributed by atoms with Crippen LogP contribution in [0.1, 0.15) is 17.0 Å². The molecular formula is C10H17N3O. The van der Waals surface area contributed by atoms with Gasteiger partial charge < -0.3 is 9.84 Å². The standard InChI is InChI=1S/C10H17N3O/c1-7-10(8(2)14-12-7)6-13(3)9-4-11-5-9/h9,11H,4-6H2,1-3H3. The van der Waals surface area contributed by atoms with Crippen molar-refractivity contribution in [3.8, 4) is 0 Å². The summed E-state index contributed by atoms with van der Waals surface area (Å²) in [6.07, 6.45) is 0. The fraction of sp³-hybridized carbons (Fsp3) is 0.700. The van der Waals surface area contributed by atoms with E-state index in [4.69, 9.17) is 4.52 Å². The Hall–Kier alpha value is -0.870. The Balaban J connectivity index is 2.02. The smallest absolute Gasteiger partial charge is 0.138 e. The highest BCUT2D eigenvalue weighted by Gasteiger charge is 2.23. The first kappa shape index (κ1) is 9.68. The molecular weight excluding hydrogens is 178 g/mol. The summed E-state index contributed by atoms with van der Waals surface area (Å²) < 4.78 is 5.14. The Kier molecular flexibility index (Phi) is 2.56. The van der Waals surface area contributed by atoms with E-state index in [2.05, 4.69) is 22.4 Å². The summed E-state index contributed by atoms with van der Waals surface area (Å²) in [5.74, 6) is 0.946. The molecule has 4 heteroatoms. The van der Waals surface area contributed by atoms with E-state index in [9.17, 15) is 0 Å². The first-order chi connectivity index (χ1) is 6.68. The topological polar surface area (TPSA) is 41.3 Å². The van der Waals surface area contributed by atoms with E-state index in [-0.39, 0.29) is 0 Å². The minimum Gasteiger partial charge on any atom is -0.361 e. The third-order valence-corrected chi connectivity index (χ3v) is 2.97. The summed E-state index contributed by atoms with van der Waals surface area (Å²) in [5.41, 5.74) is 2.25. The summed E-state index contributed by atoms with van der Waals surface area (Å²) in [6.45, 7) is 7.11. The lowest BCUT2D eigenvalue weighted by Crippen LogP contribution is -2.55. The molecule has 1 fully saturated rings. The van der Waals surface area contributed by atoms with E-state index < -0.39 is 0 Å². The predicted molar refractivity (Wildman–Crippen MR) is 54.1 cm³/mol. The summed E-state index contributed by atoms with van der Waals surface area (Å²) >= 11 is 0. The van der Waals surface area contributed by atoms with Gasteiger partial charge in [0.15, 0.2) is 0 Å². The first-order valence-corrected chi connectivity index (χ1v) is 5.01. The number of aromatic nitrogens is 1. The van der Waals surface area contributed by atoms with Crippen LogP contribution in [0.2, 0.25) is 0 Å². The van der Waals surface area contributed by atoms with E-state index in [1.54, 1.807) is 0 Å². The van der Waals surface area contributed by atoms with Gasteiger partial charge >= 0.3 is 0 Å². The highest BCUT2D eigenvalue weighted by Crippen LogP contribution is 2.16. The Bertz CT molecular complexity index is 298. The number of nitrogens with zero attached hydrogens (tertiary/aromatic N) is 2. The lowest BCUT2D eigenvalue weighted by Gasteiger charge is -2.35. The van der Waals surface area contributed by atoms with Crippen LogP contribution in [0.25, 0.3) is 0 Å². The van der Waals surface area contributed by atoms with Crippen LogP contribution < -0.4 is 5.32 Å². The fourth-order valence-corrected chi connectivity index (χ4v) is 1.69. The molecule has 0 spiro atoms. The maximum absolute atomic E-state index is 5.14. The lowest BCUT2D eigenvalue weighted by atomic mass is 10.1. The van der Waals surface area contributed by atoms with Crippen LogP contribution in [0.4, 0.5) is 0 Å². The van der Waals surface area contributed by atoms with Crippen LogP contribution in [0, 0.1) is 13.8 Å². The van der Waals surface area contributed by atoms with Crippen molar-refractivity contribution in [1.82, 2.24) is 15.4 Å². The van der Waals surface area contributed by atoms with Crippen LogP contribution in [-0.2, 0) is 6.54 Å². The summed E-state index contributed by atoms with van der Waals surface area (Å²) in [5, 5.41) is 7.23. The molecule has 0 amide bonds. The average Bonchev–Trinajstić information content (AvgIpc) is 2.32. The van der Waals surface area contributed by atoms with Crippen molar-refractivity contribution < 1.29 is 4.52 Å². The highest BCUT2D eigenvalue weighted by atomic mass is 16.5. The van der Waals surface area contributed by atoms with Gasteiger partial charge in [-0.25, -0.2) is 0 Å². The molecule has 0 radical (unpaired) electrons. The normalized spacial score (nSPS) is 17.4. The predicted octanol–water partition coefficient (Wildman–Crippen LogP) is 0.695. The quantitative estimate of drug-likeness (QED) is 0.770. The molecule has 1 N–H and O–H groups in total. The van der Waals surface area contributed by atoms with Gasteiger partial charge in [0.2, 0.25) is 0 Å². The molecule has 1 saturated heterocycles. The number of nitrogens with one attached hydrogen (secondary N) is 1. The van der Waals surface area contributed by atoms with Crippen molar-refractivity contribution in [2.75, 3.05) is 20.1 Å². The van der Waals surface area contributed by atoms with E-state index in [0.29, 0.717) is 6.04 Å². The van der Waals surface area contributed by atoms with E-state index in [0.717, 1.165) is 31.1 Å². The van der Waals surface area contributed by atoms with Gasteiger partial charge in [-0.2, -0.15) is 0 Å². The fourth-order valence-electron chi connectivity index (χ4n) is 1.69. The second-order valence-corrected chi connectivity index (χ2v) is 4.03. The Labute approximate surface area is 84.3 Å². The average molecular weight is 195 g/mol. The van der Waals surface area contributed by atoms with Crippen LogP contribution in [0.3, 0.4) is 0 Å². The molecule has 14 heavy (non-hydrogen) atoms. The summed E-state index contributed by atoms with van der Waals surface area (Å²) in [6, 6.07) is 0.670. The third-order valence-electron chi connectivity index (χ3n) is 2.97. The molecule has 4 nitrogen and oxygen atoms in total. The minimum absolute atomic E-state index is 0.670. The Morgan fingerprint density at radius 2 is 2.21 bits per heavy atom. The molecule has 1 aliphatic heterocycles. The SMILES string of the molecule is Cc1noc(C)c1CN(C)C1CNC1. The van der Waals surface area contributed by atoms with Gasteiger partial charge in [-0.15, -0.1) is 0 Å². The number of aryl methyl sites for hydroxylation is 2. The van der Waals surface area contributed by atoms with Gasteiger partial charge in [0.25, 0.3) is 0 Å². The molecule has 0 aliphatic carbocycles. The van der Waals surface area contributed by atoms with E-state index in [1.165, 1.54) is 5.56 Å². The third kappa shape index (κ3) is 1.67. The molecule has 2 rings (SSSR count). The number of rotatable bonds is 3. The van der Waals surface area contributed by atoms with Gasteiger partial charge in [0.1, 0.15) is 5.76 Å². The number of hydrogen-bond donors (Lipinski definition) is 1. The van der Waals surface area contributed by atoms with Crippen molar-refractivity contribution in [3.63, 3.8) is 0 Å². The van der Waals surface area contributed by atoms with Crippen molar-refractivity contribution >= 4 is 0 Å². The zero-order valence-electron chi connectivity index (χ0n) is 9.00. The van der Waals surface area contributed by atoms with Gasteiger partial charge in [-0.05, 0) is 20.9 Å².